The van der Waals surface area contributed by atoms with Gasteiger partial charge in [-0.3, -0.25) is 14.5 Å². The molecule has 2 rings (SSSR count). The molecule has 0 saturated carbocycles. The van der Waals surface area contributed by atoms with Crippen LogP contribution in [0.5, 0.6) is 0 Å². The van der Waals surface area contributed by atoms with Gasteiger partial charge < -0.3 is 15.6 Å². The molecule has 1 fully saturated rings. The highest BCUT2D eigenvalue weighted by molar-refractivity contribution is 6.08. The summed E-state index contributed by atoms with van der Waals surface area (Å²) in [6.07, 6.45) is 4.38. The summed E-state index contributed by atoms with van der Waals surface area (Å²) in [7, 11) is 0. The van der Waals surface area contributed by atoms with Crippen molar-refractivity contribution in [2.45, 2.75) is 32.2 Å². The van der Waals surface area contributed by atoms with Gasteiger partial charge in [0.25, 0.3) is 5.91 Å². The number of nitrogens with zero attached hydrogens (tertiary/aromatic N) is 2. The number of carbonyl (C=O) groups is 3. The fourth-order valence-electron chi connectivity index (χ4n) is 2.08. The summed E-state index contributed by atoms with van der Waals surface area (Å²) in [4.78, 5) is 43.6. The van der Waals surface area contributed by atoms with Crippen molar-refractivity contribution in [3.8, 4) is 0 Å². The number of imidazole rings is 1. The zero-order chi connectivity index (χ0) is 15.5. The number of carbonyl (C=O) groups excluding carboxylic acids is 3. The molecule has 2 heterocycles. The number of hydrogen-bond donors (Lipinski definition) is 3. The molecule has 114 valence electrons. The Morgan fingerprint density at radius 1 is 1.48 bits per heavy atom. The Labute approximate surface area is 122 Å². The average molecular weight is 293 g/mol. The van der Waals surface area contributed by atoms with E-state index in [1.807, 2.05) is 6.92 Å². The Hall–Kier alpha value is -2.38. The number of nitrogens with one attached hydrogen (secondary N) is 3. The molecule has 3 N–H and O–H groups in total. The molecule has 8 nitrogen and oxygen atoms in total. The largest absolute Gasteiger partial charge is 0.354 e. The summed E-state index contributed by atoms with van der Waals surface area (Å²) in [5.41, 5.74) is -0.911. The van der Waals surface area contributed by atoms with Gasteiger partial charge in [0.2, 0.25) is 5.91 Å². The Morgan fingerprint density at radius 3 is 2.81 bits per heavy atom. The monoisotopic (exact) mass is 293 g/mol. The summed E-state index contributed by atoms with van der Waals surface area (Å²) in [5, 5.41) is 5.27. The fraction of sp³-hybridized carbons (Fsp3) is 0.538. The number of aromatic nitrogens is 2. The summed E-state index contributed by atoms with van der Waals surface area (Å²) in [5.74, 6) is 0.0328. The van der Waals surface area contributed by atoms with Crippen molar-refractivity contribution in [1.29, 1.82) is 0 Å². The van der Waals surface area contributed by atoms with E-state index in [-0.39, 0.29) is 18.4 Å². The first-order valence-electron chi connectivity index (χ1n) is 6.85. The molecule has 0 radical (unpaired) electrons. The van der Waals surface area contributed by atoms with Gasteiger partial charge in [0.05, 0.1) is 0 Å². The second-order valence-electron chi connectivity index (χ2n) is 5.14. The highest BCUT2D eigenvalue weighted by atomic mass is 16.2. The molecular formula is C13H19N5O3. The van der Waals surface area contributed by atoms with Crippen LogP contribution in [0.25, 0.3) is 0 Å². The van der Waals surface area contributed by atoms with Gasteiger partial charge in [-0.1, -0.05) is 6.92 Å². The van der Waals surface area contributed by atoms with Crippen LogP contribution in [0.4, 0.5) is 4.79 Å². The van der Waals surface area contributed by atoms with E-state index in [2.05, 4.69) is 20.6 Å². The van der Waals surface area contributed by atoms with Crippen molar-refractivity contribution >= 4 is 17.8 Å². The number of imide groups is 1. The number of hydrogen-bond acceptors (Lipinski definition) is 4. The third-order valence-electron chi connectivity index (χ3n) is 3.59. The maximum absolute atomic E-state index is 12.1. The molecule has 4 amide bonds. The SMILES string of the molecule is CCC1(C)NC(=O)N(CC(=O)NCCc2ncc[nH]2)C1=O. The minimum atomic E-state index is -0.911. The molecule has 1 aliphatic heterocycles. The van der Waals surface area contributed by atoms with Crippen LogP contribution < -0.4 is 10.6 Å². The molecule has 1 saturated heterocycles. The highest BCUT2D eigenvalue weighted by Gasteiger charge is 2.46. The lowest BCUT2D eigenvalue weighted by Gasteiger charge is -2.19. The third kappa shape index (κ3) is 3.21. The molecule has 21 heavy (non-hydrogen) atoms. The van der Waals surface area contributed by atoms with Gasteiger partial charge in [0.15, 0.2) is 0 Å². The van der Waals surface area contributed by atoms with Crippen molar-refractivity contribution in [3.63, 3.8) is 0 Å². The molecule has 8 heteroatoms. The number of urea groups is 1. The van der Waals surface area contributed by atoms with E-state index < -0.39 is 11.6 Å². The second-order valence-corrected chi connectivity index (χ2v) is 5.14. The predicted octanol–water partition coefficient (Wildman–Crippen LogP) is -0.211. The first-order chi connectivity index (χ1) is 9.96. The molecule has 0 spiro atoms. The number of rotatable bonds is 6. The summed E-state index contributed by atoms with van der Waals surface area (Å²) in [6.45, 7) is 3.59. The van der Waals surface area contributed by atoms with E-state index in [0.29, 0.717) is 19.4 Å². The van der Waals surface area contributed by atoms with Gasteiger partial charge in [0, 0.05) is 25.4 Å². The summed E-state index contributed by atoms with van der Waals surface area (Å²) < 4.78 is 0. The third-order valence-corrected chi connectivity index (χ3v) is 3.59. The highest BCUT2D eigenvalue weighted by Crippen LogP contribution is 2.20. The molecule has 1 aromatic rings. The molecule has 0 bridgehead atoms. The predicted molar refractivity (Wildman–Crippen MR) is 74.2 cm³/mol. The van der Waals surface area contributed by atoms with Crippen LogP contribution in [0.15, 0.2) is 12.4 Å². The van der Waals surface area contributed by atoms with Crippen LogP contribution in [0.2, 0.25) is 0 Å². The standard InChI is InChI=1S/C13H19N5O3/c1-3-13(2)11(20)18(12(21)17-13)8-10(19)16-5-4-9-14-6-7-15-9/h6-7H,3-5,8H2,1-2H3,(H,14,15)(H,16,19)(H,17,21). The van der Waals surface area contributed by atoms with Crippen molar-refractivity contribution in [1.82, 2.24) is 25.5 Å². The van der Waals surface area contributed by atoms with Crippen molar-refractivity contribution < 1.29 is 14.4 Å². The molecule has 1 aliphatic rings. The molecule has 0 aromatic carbocycles. The van der Waals surface area contributed by atoms with Crippen LogP contribution in [0.3, 0.4) is 0 Å². The topological polar surface area (TPSA) is 107 Å². The fourth-order valence-corrected chi connectivity index (χ4v) is 2.08. The van der Waals surface area contributed by atoms with Gasteiger partial charge in [-0.2, -0.15) is 0 Å². The van der Waals surface area contributed by atoms with E-state index in [4.69, 9.17) is 0 Å². The van der Waals surface area contributed by atoms with E-state index in [1.54, 1.807) is 19.3 Å². The lowest BCUT2D eigenvalue weighted by atomic mass is 9.99. The molecule has 1 unspecified atom stereocenters. The Bertz CT molecular complexity index is 542. The minimum absolute atomic E-state index is 0.265. The van der Waals surface area contributed by atoms with Gasteiger partial charge in [-0.25, -0.2) is 9.78 Å². The van der Waals surface area contributed by atoms with E-state index in [0.717, 1.165) is 10.7 Å². The molecule has 1 aromatic heterocycles. The van der Waals surface area contributed by atoms with Gasteiger partial charge in [0.1, 0.15) is 17.9 Å². The zero-order valence-corrected chi connectivity index (χ0v) is 12.1. The maximum Gasteiger partial charge on any atom is 0.325 e. The number of aromatic amines is 1. The van der Waals surface area contributed by atoms with Crippen molar-refractivity contribution in [3.05, 3.63) is 18.2 Å². The zero-order valence-electron chi connectivity index (χ0n) is 12.1. The van der Waals surface area contributed by atoms with Crippen LogP contribution in [0, 0.1) is 0 Å². The van der Waals surface area contributed by atoms with E-state index in [1.165, 1.54) is 0 Å². The molecule has 0 aliphatic carbocycles. The van der Waals surface area contributed by atoms with Crippen LogP contribution in [-0.2, 0) is 16.0 Å². The maximum atomic E-state index is 12.1. The van der Waals surface area contributed by atoms with Crippen LogP contribution in [-0.4, -0.2) is 51.3 Å². The van der Waals surface area contributed by atoms with Crippen molar-refractivity contribution in [2.24, 2.45) is 0 Å². The number of amides is 4. The van der Waals surface area contributed by atoms with Gasteiger partial charge in [-0.05, 0) is 13.3 Å². The first-order valence-corrected chi connectivity index (χ1v) is 6.85. The summed E-state index contributed by atoms with van der Waals surface area (Å²) >= 11 is 0. The lowest BCUT2D eigenvalue weighted by molar-refractivity contribution is -0.134. The average Bonchev–Trinajstić information content (AvgIpc) is 3.03. The minimum Gasteiger partial charge on any atom is -0.354 e. The lowest BCUT2D eigenvalue weighted by Crippen LogP contribution is -2.44. The van der Waals surface area contributed by atoms with E-state index >= 15 is 0 Å². The summed E-state index contributed by atoms with van der Waals surface area (Å²) in [6, 6.07) is -0.523. The Balaban J connectivity index is 1.82. The van der Waals surface area contributed by atoms with Gasteiger partial charge in [-0.15, -0.1) is 0 Å². The quantitative estimate of drug-likeness (QED) is 0.631. The van der Waals surface area contributed by atoms with Crippen LogP contribution >= 0.6 is 0 Å². The first kappa shape index (κ1) is 15.0. The van der Waals surface area contributed by atoms with Crippen LogP contribution in [0.1, 0.15) is 26.1 Å². The Kier molecular flexibility index (Phi) is 4.25. The number of H-pyrrole nitrogens is 1. The van der Waals surface area contributed by atoms with E-state index in [9.17, 15) is 14.4 Å². The molecular weight excluding hydrogens is 274 g/mol. The normalized spacial score (nSPS) is 21.5. The smallest absolute Gasteiger partial charge is 0.325 e. The molecule has 1 atom stereocenters. The van der Waals surface area contributed by atoms with Gasteiger partial charge >= 0.3 is 6.03 Å². The Morgan fingerprint density at radius 2 is 2.24 bits per heavy atom. The second kappa shape index (κ2) is 5.94. The van der Waals surface area contributed by atoms with Crippen molar-refractivity contribution in [2.75, 3.05) is 13.1 Å².